The first-order valence-electron chi connectivity index (χ1n) is 6.42. The van der Waals surface area contributed by atoms with Gasteiger partial charge in [0, 0.05) is 27.8 Å². The third-order valence-corrected chi connectivity index (χ3v) is 4.42. The molecule has 0 fully saturated rings. The highest BCUT2D eigenvalue weighted by atomic mass is 79.9. The molecule has 0 spiro atoms. The zero-order chi connectivity index (χ0) is 15.1. The number of thiophene rings is 1. The summed E-state index contributed by atoms with van der Waals surface area (Å²) < 4.78 is 6.55. The van der Waals surface area contributed by atoms with Crippen LogP contribution in [0, 0.1) is 11.3 Å². The zero-order valence-electron chi connectivity index (χ0n) is 11.3. The molecule has 2 aromatic rings. The summed E-state index contributed by atoms with van der Waals surface area (Å²) in [5.41, 5.74) is 0.590. The molecular formula is C15H15BrN2O2S. The first-order valence-corrected chi connectivity index (χ1v) is 8.09. The van der Waals surface area contributed by atoms with Crippen LogP contribution in [0.2, 0.25) is 0 Å². The van der Waals surface area contributed by atoms with Gasteiger partial charge in [-0.2, -0.15) is 5.26 Å². The highest BCUT2D eigenvalue weighted by Gasteiger charge is 2.06. The number of hydrogen-bond acceptors (Lipinski definition) is 5. The maximum absolute atomic E-state index is 9.85. The topological polar surface area (TPSA) is 65.3 Å². The van der Waals surface area contributed by atoms with Crippen LogP contribution in [0.1, 0.15) is 10.4 Å². The summed E-state index contributed by atoms with van der Waals surface area (Å²) in [5.74, 6) is 0.648. The Balaban J connectivity index is 1.67. The van der Waals surface area contributed by atoms with Crippen LogP contribution in [0.4, 0.5) is 0 Å². The molecule has 2 rings (SSSR count). The number of halogens is 1. The van der Waals surface area contributed by atoms with E-state index in [0.29, 0.717) is 17.9 Å². The second kappa shape index (κ2) is 8.15. The molecule has 21 heavy (non-hydrogen) atoms. The average molecular weight is 367 g/mol. The number of aliphatic hydroxyl groups is 1. The van der Waals surface area contributed by atoms with Gasteiger partial charge in [-0.25, -0.2) is 0 Å². The Kier molecular flexibility index (Phi) is 6.21. The van der Waals surface area contributed by atoms with Gasteiger partial charge in [0.05, 0.1) is 11.6 Å². The molecule has 0 saturated heterocycles. The lowest BCUT2D eigenvalue weighted by Gasteiger charge is -2.13. The summed E-state index contributed by atoms with van der Waals surface area (Å²) in [4.78, 5) is 1.21. The predicted octanol–water partition coefficient (Wildman–Crippen LogP) is 2.91. The average Bonchev–Trinajstić information content (AvgIpc) is 2.91. The molecule has 0 saturated carbocycles. The molecule has 0 amide bonds. The van der Waals surface area contributed by atoms with E-state index in [1.54, 1.807) is 35.6 Å². The molecule has 4 nitrogen and oxygen atoms in total. The van der Waals surface area contributed by atoms with Crippen molar-refractivity contribution in [3.05, 3.63) is 50.6 Å². The third-order valence-electron chi connectivity index (χ3n) is 2.73. The number of ether oxygens (including phenoxy) is 1. The molecule has 1 heterocycles. The Bertz CT molecular complexity index is 607. The largest absolute Gasteiger partial charge is 0.491 e. The van der Waals surface area contributed by atoms with Gasteiger partial charge in [-0.3, -0.25) is 0 Å². The second-order valence-electron chi connectivity index (χ2n) is 4.46. The fourth-order valence-electron chi connectivity index (χ4n) is 1.69. The lowest BCUT2D eigenvalue weighted by molar-refractivity contribution is 0.106. The van der Waals surface area contributed by atoms with Gasteiger partial charge < -0.3 is 15.2 Å². The Morgan fingerprint density at radius 3 is 2.76 bits per heavy atom. The molecule has 1 atom stereocenters. The van der Waals surface area contributed by atoms with E-state index < -0.39 is 6.10 Å². The number of nitrogens with one attached hydrogen (secondary N) is 1. The third kappa shape index (κ3) is 5.48. The zero-order valence-corrected chi connectivity index (χ0v) is 13.7. The van der Waals surface area contributed by atoms with Crippen LogP contribution in [0.5, 0.6) is 5.75 Å². The van der Waals surface area contributed by atoms with Crippen LogP contribution in [0.25, 0.3) is 0 Å². The maximum Gasteiger partial charge on any atom is 0.119 e. The molecule has 0 aliphatic rings. The number of benzene rings is 1. The second-order valence-corrected chi connectivity index (χ2v) is 6.37. The summed E-state index contributed by atoms with van der Waals surface area (Å²) in [5, 5.41) is 23.8. The summed E-state index contributed by atoms with van der Waals surface area (Å²) in [6.45, 7) is 1.41. The smallest absolute Gasteiger partial charge is 0.119 e. The molecule has 1 aromatic carbocycles. The lowest BCUT2D eigenvalue weighted by Crippen LogP contribution is -2.30. The van der Waals surface area contributed by atoms with Crippen LogP contribution in [0.3, 0.4) is 0 Å². The van der Waals surface area contributed by atoms with Gasteiger partial charge in [-0.1, -0.05) is 0 Å². The SMILES string of the molecule is N#Cc1ccc(OCC(O)CNCc2cc(Br)cs2)cc1. The van der Waals surface area contributed by atoms with Crippen molar-refractivity contribution in [3.63, 3.8) is 0 Å². The first-order chi connectivity index (χ1) is 10.2. The number of hydrogen-bond donors (Lipinski definition) is 2. The van der Waals surface area contributed by atoms with E-state index in [0.717, 1.165) is 11.0 Å². The van der Waals surface area contributed by atoms with Crippen LogP contribution in [-0.4, -0.2) is 24.4 Å². The fourth-order valence-corrected chi connectivity index (χ4v) is 3.11. The van der Waals surface area contributed by atoms with Crippen LogP contribution < -0.4 is 10.1 Å². The number of nitriles is 1. The molecule has 2 N–H and O–H groups in total. The van der Waals surface area contributed by atoms with Crippen LogP contribution in [-0.2, 0) is 6.54 Å². The van der Waals surface area contributed by atoms with E-state index in [1.807, 2.05) is 11.4 Å². The minimum atomic E-state index is -0.580. The van der Waals surface area contributed by atoms with E-state index in [2.05, 4.69) is 27.3 Å². The van der Waals surface area contributed by atoms with Crippen molar-refractivity contribution in [2.24, 2.45) is 0 Å². The van der Waals surface area contributed by atoms with Crippen LogP contribution in [0.15, 0.2) is 40.2 Å². The van der Waals surface area contributed by atoms with Gasteiger partial charge in [0.15, 0.2) is 0 Å². The predicted molar refractivity (Wildman–Crippen MR) is 86.4 cm³/mol. The van der Waals surface area contributed by atoms with Gasteiger partial charge >= 0.3 is 0 Å². The summed E-state index contributed by atoms with van der Waals surface area (Å²) in [6, 6.07) is 10.9. The van der Waals surface area contributed by atoms with Crippen molar-refractivity contribution in [2.75, 3.05) is 13.2 Å². The number of aliphatic hydroxyl groups excluding tert-OH is 1. The molecule has 1 unspecified atom stereocenters. The van der Waals surface area contributed by atoms with E-state index in [9.17, 15) is 5.11 Å². The Hall–Kier alpha value is -1.39. The van der Waals surface area contributed by atoms with Gasteiger partial charge in [0.25, 0.3) is 0 Å². The standard InChI is InChI=1S/C15H15BrN2O2S/c16-12-5-15(21-10-12)8-18-7-13(19)9-20-14-3-1-11(6-17)2-4-14/h1-5,10,13,18-19H,7-9H2. The normalized spacial score (nSPS) is 11.9. The summed E-state index contributed by atoms with van der Waals surface area (Å²) in [6.07, 6.45) is -0.580. The highest BCUT2D eigenvalue weighted by Crippen LogP contribution is 2.19. The van der Waals surface area contributed by atoms with Gasteiger partial charge in [-0.15, -0.1) is 11.3 Å². The Morgan fingerprint density at radius 1 is 1.38 bits per heavy atom. The van der Waals surface area contributed by atoms with E-state index in [1.165, 1.54) is 4.88 Å². The van der Waals surface area contributed by atoms with E-state index in [4.69, 9.17) is 10.00 Å². The lowest BCUT2D eigenvalue weighted by atomic mass is 10.2. The molecule has 0 aliphatic heterocycles. The van der Waals surface area contributed by atoms with E-state index >= 15 is 0 Å². The van der Waals surface area contributed by atoms with E-state index in [-0.39, 0.29) is 6.61 Å². The van der Waals surface area contributed by atoms with Crippen molar-refractivity contribution in [3.8, 4) is 11.8 Å². The molecule has 110 valence electrons. The number of nitrogens with zero attached hydrogens (tertiary/aromatic N) is 1. The molecule has 0 bridgehead atoms. The molecule has 6 heteroatoms. The Morgan fingerprint density at radius 2 is 2.14 bits per heavy atom. The molecular weight excluding hydrogens is 352 g/mol. The van der Waals surface area contributed by atoms with Crippen molar-refractivity contribution in [2.45, 2.75) is 12.6 Å². The summed E-state index contributed by atoms with van der Waals surface area (Å²) >= 11 is 5.07. The fraction of sp³-hybridized carbons (Fsp3) is 0.267. The van der Waals surface area contributed by atoms with Gasteiger partial charge in [0.2, 0.25) is 0 Å². The van der Waals surface area contributed by atoms with Crippen LogP contribution >= 0.6 is 27.3 Å². The maximum atomic E-state index is 9.85. The quantitative estimate of drug-likeness (QED) is 0.790. The number of rotatable bonds is 7. The van der Waals surface area contributed by atoms with Crippen molar-refractivity contribution in [1.29, 1.82) is 5.26 Å². The van der Waals surface area contributed by atoms with Crippen molar-refractivity contribution in [1.82, 2.24) is 5.32 Å². The van der Waals surface area contributed by atoms with Gasteiger partial charge in [0.1, 0.15) is 18.5 Å². The van der Waals surface area contributed by atoms with Gasteiger partial charge in [-0.05, 0) is 46.3 Å². The minimum absolute atomic E-state index is 0.215. The summed E-state index contributed by atoms with van der Waals surface area (Å²) in [7, 11) is 0. The minimum Gasteiger partial charge on any atom is -0.491 e. The first kappa shape index (κ1) is 16.0. The Labute approximate surface area is 136 Å². The monoisotopic (exact) mass is 366 g/mol. The van der Waals surface area contributed by atoms with Crippen molar-refractivity contribution < 1.29 is 9.84 Å². The molecule has 0 aliphatic carbocycles. The van der Waals surface area contributed by atoms with Crippen molar-refractivity contribution >= 4 is 27.3 Å². The molecule has 1 aromatic heterocycles. The highest BCUT2D eigenvalue weighted by molar-refractivity contribution is 9.10. The molecule has 0 radical (unpaired) electrons.